The normalized spacial score (nSPS) is 22.9. The molecule has 5 nitrogen and oxygen atoms in total. The molecule has 2 amide bonds. The van der Waals surface area contributed by atoms with Crippen LogP contribution in [0.3, 0.4) is 0 Å². The van der Waals surface area contributed by atoms with Crippen LogP contribution in [0.25, 0.3) is 0 Å². The van der Waals surface area contributed by atoms with Crippen LogP contribution in [0, 0.1) is 23.2 Å². The molecule has 33 heavy (non-hydrogen) atoms. The molecule has 3 N–H and O–H groups in total. The van der Waals surface area contributed by atoms with Gasteiger partial charge in [0.15, 0.2) is 0 Å². The molecule has 182 valence electrons. The molecule has 2 atom stereocenters. The fourth-order valence-electron chi connectivity index (χ4n) is 5.21. The number of carbonyl (C=O) groups is 2. The molecule has 1 heterocycles. The number of amides is 2. The van der Waals surface area contributed by atoms with Gasteiger partial charge in [-0.1, -0.05) is 77.4 Å². The fraction of sp³-hybridized carbons (Fsp3) is 0.667. The Morgan fingerprint density at radius 1 is 1.24 bits per heavy atom. The Bertz CT molecular complexity index is 857. The molecule has 0 radical (unpaired) electrons. The van der Waals surface area contributed by atoms with Crippen LogP contribution in [0.1, 0.15) is 71.8 Å². The molecule has 1 aromatic carbocycles. The molecule has 0 bridgehead atoms. The zero-order chi connectivity index (χ0) is 24.2. The number of hydrogen-bond donors (Lipinski definition) is 2. The fourth-order valence-corrected chi connectivity index (χ4v) is 5.37. The number of anilines is 1. The van der Waals surface area contributed by atoms with Crippen molar-refractivity contribution in [2.45, 2.75) is 78.7 Å². The minimum Gasteiger partial charge on any atom is -0.354 e. The molecular weight excluding hydrogens is 430 g/mol. The molecule has 0 spiro atoms. The van der Waals surface area contributed by atoms with Gasteiger partial charge in [0.25, 0.3) is 0 Å². The zero-order valence-corrected chi connectivity index (χ0v) is 21.5. The molecule has 1 aromatic rings. The van der Waals surface area contributed by atoms with Crippen LogP contribution in [0.15, 0.2) is 24.3 Å². The molecule has 1 fully saturated rings. The average molecular weight is 472 g/mol. The van der Waals surface area contributed by atoms with E-state index in [9.17, 15) is 9.59 Å². The summed E-state index contributed by atoms with van der Waals surface area (Å²) in [4.78, 5) is 29.4. The minimum atomic E-state index is -0.260. The number of hydrogen-bond acceptors (Lipinski definition) is 4. The molecule has 2 aliphatic rings. The number of carbonyl (C=O) groups excluding carboxylic acids is 2. The Labute approximate surface area is 204 Å². The van der Waals surface area contributed by atoms with Crippen molar-refractivity contribution in [3.63, 3.8) is 0 Å². The van der Waals surface area contributed by atoms with Crippen molar-refractivity contribution in [2.24, 2.45) is 28.9 Å². The third-order valence-corrected chi connectivity index (χ3v) is 7.73. The van der Waals surface area contributed by atoms with Gasteiger partial charge in [-0.25, -0.2) is 0 Å². The molecule has 6 heteroatoms. The lowest BCUT2D eigenvalue weighted by Crippen LogP contribution is -2.51. The van der Waals surface area contributed by atoms with E-state index in [-0.39, 0.29) is 35.1 Å². The summed E-state index contributed by atoms with van der Waals surface area (Å²) in [6.07, 6.45) is 6.96. The van der Waals surface area contributed by atoms with Crippen LogP contribution in [0.4, 0.5) is 5.69 Å². The smallest absolute Gasteiger partial charge is 0.231 e. The second-order valence-electron chi connectivity index (χ2n) is 11.0. The van der Waals surface area contributed by atoms with Gasteiger partial charge < -0.3 is 16.0 Å². The first-order chi connectivity index (χ1) is 15.7. The van der Waals surface area contributed by atoms with E-state index in [0.717, 1.165) is 35.4 Å². The van der Waals surface area contributed by atoms with Gasteiger partial charge in [-0.2, -0.15) is 0 Å². The van der Waals surface area contributed by atoms with Gasteiger partial charge in [0, 0.05) is 35.5 Å². The highest BCUT2D eigenvalue weighted by molar-refractivity contribution is 7.80. The van der Waals surface area contributed by atoms with Gasteiger partial charge in [-0.05, 0) is 48.6 Å². The molecule has 0 saturated heterocycles. The number of para-hydroxylation sites is 1. The van der Waals surface area contributed by atoms with Crippen LogP contribution in [-0.4, -0.2) is 35.8 Å². The van der Waals surface area contributed by atoms with Gasteiger partial charge in [0.05, 0.1) is 6.04 Å². The predicted octanol–water partition coefficient (Wildman–Crippen LogP) is 4.66. The third-order valence-electron chi connectivity index (χ3n) is 7.40. The summed E-state index contributed by atoms with van der Waals surface area (Å²) in [6, 6.07) is 8.00. The van der Waals surface area contributed by atoms with E-state index in [1.165, 1.54) is 19.3 Å². The topological polar surface area (TPSA) is 75.4 Å². The summed E-state index contributed by atoms with van der Waals surface area (Å²) in [6.45, 7) is 9.25. The monoisotopic (exact) mass is 471 g/mol. The van der Waals surface area contributed by atoms with E-state index in [4.69, 9.17) is 18.0 Å². The summed E-state index contributed by atoms with van der Waals surface area (Å²) in [5.74, 6) is 0.787. The first-order valence-electron chi connectivity index (χ1n) is 12.6. The number of unbranched alkanes of at least 4 members (excludes halogenated alkanes) is 1. The van der Waals surface area contributed by atoms with Crippen LogP contribution in [0.2, 0.25) is 0 Å². The molecule has 1 aliphatic heterocycles. The SMILES string of the molecule is CCCCC1CC(C(=O)NC[C@H]2Cc3ccccc3N2C(=O)[C@@H](CC(=S)CN)C(C)(C)C)C1. The van der Waals surface area contributed by atoms with Crippen molar-refractivity contribution >= 4 is 34.6 Å². The van der Waals surface area contributed by atoms with Gasteiger partial charge >= 0.3 is 0 Å². The van der Waals surface area contributed by atoms with Crippen molar-refractivity contribution in [2.75, 3.05) is 18.0 Å². The molecule has 0 aromatic heterocycles. The van der Waals surface area contributed by atoms with Crippen molar-refractivity contribution in [1.82, 2.24) is 5.32 Å². The quantitative estimate of drug-likeness (QED) is 0.487. The number of thiocarbonyl (C=S) groups is 1. The zero-order valence-electron chi connectivity index (χ0n) is 20.7. The van der Waals surface area contributed by atoms with E-state index < -0.39 is 0 Å². The van der Waals surface area contributed by atoms with Crippen LogP contribution in [-0.2, 0) is 16.0 Å². The number of fused-ring (bicyclic) bond motifs is 1. The van der Waals surface area contributed by atoms with Crippen molar-refractivity contribution < 1.29 is 9.59 Å². The Morgan fingerprint density at radius 3 is 2.58 bits per heavy atom. The van der Waals surface area contributed by atoms with E-state index in [1.807, 2.05) is 23.1 Å². The van der Waals surface area contributed by atoms with E-state index >= 15 is 0 Å². The van der Waals surface area contributed by atoms with Crippen LogP contribution in [0.5, 0.6) is 0 Å². The highest BCUT2D eigenvalue weighted by atomic mass is 32.1. The van der Waals surface area contributed by atoms with Gasteiger partial charge in [-0.3, -0.25) is 9.59 Å². The van der Waals surface area contributed by atoms with E-state index in [1.54, 1.807) is 0 Å². The second-order valence-corrected chi connectivity index (χ2v) is 11.6. The van der Waals surface area contributed by atoms with Crippen molar-refractivity contribution in [3.05, 3.63) is 29.8 Å². The molecular formula is C27H41N3O2S. The number of nitrogens with zero attached hydrogens (tertiary/aromatic N) is 1. The Kier molecular flexibility index (Phi) is 8.68. The van der Waals surface area contributed by atoms with Gasteiger partial charge in [-0.15, -0.1) is 0 Å². The summed E-state index contributed by atoms with van der Waals surface area (Å²) in [5, 5.41) is 3.17. The lowest BCUT2D eigenvalue weighted by atomic mass is 9.72. The maximum Gasteiger partial charge on any atom is 0.231 e. The summed E-state index contributed by atoms with van der Waals surface area (Å²) < 4.78 is 0. The predicted molar refractivity (Wildman–Crippen MR) is 139 cm³/mol. The first kappa shape index (κ1) is 25.8. The molecule has 0 unspecified atom stereocenters. The number of nitrogens with one attached hydrogen (secondary N) is 1. The highest BCUT2D eigenvalue weighted by Gasteiger charge is 2.42. The third kappa shape index (κ3) is 6.21. The molecule has 1 saturated carbocycles. The summed E-state index contributed by atoms with van der Waals surface area (Å²) in [5.41, 5.74) is 7.63. The number of nitrogens with two attached hydrogens (primary N) is 1. The highest BCUT2D eigenvalue weighted by Crippen LogP contribution is 2.39. The van der Waals surface area contributed by atoms with Crippen molar-refractivity contribution in [1.29, 1.82) is 0 Å². The Balaban J connectivity index is 1.70. The Morgan fingerprint density at radius 2 is 1.94 bits per heavy atom. The van der Waals surface area contributed by atoms with Gasteiger partial charge in [0.1, 0.15) is 0 Å². The van der Waals surface area contributed by atoms with Crippen LogP contribution >= 0.6 is 12.2 Å². The molecule has 3 rings (SSSR count). The largest absolute Gasteiger partial charge is 0.354 e. The average Bonchev–Trinajstić information content (AvgIpc) is 3.11. The summed E-state index contributed by atoms with van der Waals surface area (Å²) >= 11 is 5.42. The summed E-state index contributed by atoms with van der Waals surface area (Å²) in [7, 11) is 0. The van der Waals surface area contributed by atoms with E-state index in [2.05, 4.69) is 39.1 Å². The standard InChI is InChI=1S/C27H41N3O2S/c1-5-6-9-18-12-20(13-18)25(31)29-17-21-14-19-10-7-8-11-24(19)30(21)26(32)23(27(2,3)4)15-22(33)16-28/h7-8,10-11,18,20-21,23H,5-6,9,12-17,28H2,1-4H3,(H,29,31)/t18?,20?,21-,23-/m1/s1. The number of rotatable bonds is 10. The second kappa shape index (κ2) is 11.1. The Hall–Kier alpha value is -1.79. The van der Waals surface area contributed by atoms with E-state index in [0.29, 0.717) is 25.4 Å². The van der Waals surface area contributed by atoms with Crippen molar-refractivity contribution in [3.8, 4) is 0 Å². The lowest BCUT2D eigenvalue weighted by Gasteiger charge is -2.37. The maximum absolute atomic E-state index is 13.9. The molecule has 1 aliphatic carbocycles. The maximum atomic E-state index is 13.9. The minimum absolute atomic E-state index is 0.0748. The number of benzene rings is 1. The lowest BCUT2D eigenvalue weighted by molar-refractivity contribution is -0.130. The first-order valence-corrected chi connectivity index (χ1v) is 13.0. The van der Waals surface area contributed by atoms with Gasteiger partial charge in [0.2, 0.25) is 11.8 Å². The van der Waals surface area contributed by atoms with Crippen LogP contribution < -0.4 is 16.0 Å².